The minimum Gasteiger partial charge on any atom is -0.486 e. The predicted molar refractivity (Wildman–Crippen MR) is 138 cm³/mol. The molecule has 1 saturated heterocycles. The van der Waals surface area contributed by atoms with Crippen LogP contribution in [0.4, 0.5) is 19.0 Å². The number of nitriles is 1. The first-order valence-corrected chi connectivity index (χ1v) is 12.5. The molecule has 1 aromatic carbocycles. The number of rotatable bonds is 6. The second kappa shape index (κ2) is 9.97. The lowest BCUT2D eigenvalue weighted by Gasteiger charge is -2.40. The molecular weight excluding hydrogens is 540 g/mol. The smallest absolute Gasteiger partial charge is 0.389 e. The minimum absolute atomic E-state index is 0.204. The number of hydrogen-bond acceptors (Lipinski definition) is 6. The molecule has 0 radical (unpaired) electrons. The van der Waals surface area contributed by atoms with Gasteiger partial charge in [-0.15, -0.1) is 0 Å². The van der Waals surface area contributed by atoms with E-state index >= 15 is 0 Å². The highest BCUT2D eigenvalue weighted by Gasteiger charge is 2.39. The van der Waals surface area contributed by atoms with Crippen molar-refractivity contribution in [2.24, 2.45) is 5.92 Å². The Bertz CT molecular complexity index is 1560. The zero-order valence-electron chi connectivity index (χ0n) is 20.3. The molecular formula is C26H21Cl2F3N6O. The van der Waals surface area contributed by atoms with Crippen LogP contribution in [0, 0.1) is 24.2 Å². The third-order valence-electron chi connectivity index (χ3n) is 6.47. The molecule has 0 aliphatic carbocycles. The number of benzene rings is 1. The molecule has 0 saturated carbocycles. The van der Waals surface area contributed by atoms with E-state index in [1.165, 1.54) is 6.20 Å². The second-order valence-electron chi connectivity index (χ2n) is 9.26. The predicted octanol–water partition coefficient (Wildman–Crippen LogP) is 7.04. The highest BCUT2D eigenvalue weighted by molar-refractivity contribution is 6.36. The number of nitrogens with zero attached hydrogens (tertiary/aromatic N) is 5. The van der Waals surface area contributed by atoms with Crippen LogP contribution in [0.2, 0.25) is 10.0 Å². The number of nitrogens with one attached hydrogen (secondary N) is 1. The molecule has 3 aromatic heterocycles. The molecule has 0 spiro atoms. The molecule has 1 aliphatic rings. The van der Waals surface area contributed by atoms with Crippen molar-refractivity contribution in [2.45, 2.75) is 32.5 Å². The summed E-state index contributed by atoms with van der Waals surface area (Å²) in [5.74, 6) is 0.421. The van der Waals surface area contributed by atoms with Crippen LogP contribution in [-0.2, 0) is 0 Å². The molecule has 196 valence electrons. The standard InChI is InChI=1S/C26H21Cl2F3N6O/c1-13-23(28)22(20(27)10-33-13)14(2)38-18-3-4-21-19(6-18)24(36-35-21)17-5-16(8-32)25(34-9-17)37-11-15(12-37)7-26(29,30)31/h3-6,9-10,14-15H,7,11-12H2,1-2H3,(H,35,36)/t14-/m1/s1. The van der Waals surface area contributed by atoms with E-state index in [0.717, 1.165) is 10.9 Å². The van der Waals surface area contributed by atoms with Gasteiger partial charge in [0.25, 0.3) is 0 Å². The van der Waals surface area contributed by atoms with Crippen LogP contribution >= 0.6 is 23.2 Å². The summed E-state index contributed by atoms with van der Waals surface area (Å²) in [7, 11) is 0. The number of aromatic amines is 1. The van der Waals surface area contributed by atoms with Crippen molar-refractivity contribution >= 4 is 39.9 Å². The number of halogens is 5. The van der Waals surface area contributed by atoms with Crippen molar-refractivity contribution in [3.63, 3.8) is 0 Å². The first-order chi connectivity index (χ1) is 18.0. The van der Waals surface area contributed by atoms with Crippen molar-refractivity contribution in [3.05, 3.63) is 63.5 Å². The van der Waals surface area contributed by atoms with Crippen molar-refractivity contribution in [2.75, 3.05) is 18.0 Å². The summed E-state index contributed by atoms with van der Waals surface area (Å²) in [6.45, 7) is 4.03. The molecule has 1 fully saturated rings. The number of alkyl halides is 3. The Morgan fingerprint density at radius 2 is 1.97 bits per heavy atom. The van der Waals surface area contributed by atoms with Crippen molar-refractivity contribution < 1.29 is 17.9 Å². The second-order valence-corrected chi connectivity index (χ2v) is 10.0. The Morgan fingerprint density at radius 1 is 1.21 bits per heavy atom. The zero-order chi connectivity index (χ0) is 27.2. The Kier molecular flexibility index (Phi) is 6.84. The highest BCUT2D eigenvalue weighted by Crippen LogP contribution is 2.37. The Morgan fingerprint density at radius 3 is 2.68 bits per heavy atom. The molecule has 1 aliphatic heterocycles. The maximum atomic E-state index is 12.7. The Labute approximate surface area is 226 Å². The van der Waals surface area contributed by atoms with Gasteiger partial charge < -0.3 is 9.64 Å². The highest BCUT2D eigenvalue weighted by atomic mass is 35.5. The van der Waals surface area contributed by atoms with Gasteiger partial charge in [-0.2, -0.15) is 23.5 Å². The number of aromatic nitrogens is 4. The largest absolute Gasteiger partial charge is 0.486 e. The third kappa shape index (κ3) is 5.08. The van der Waals surface area contributed by atoms with Gasteiger partial charge in [0, 0.05) is 54.3 Å². The van der Waals surface area contributed by atoms with E-state index < -0.39 is 24.6 Å². The fourth-order valence-corrected chi connectivity index (χ4v) is 5.27. The number of aryl methyl sites for hydroxylation is 1. The van der Waals surface area contributed by atoms with E-state index in [4.69, 9.17) is 27.9 Å². The normalized spacial score (nSPS) is 14.8. The van der Waals surface area contributed by atoms with Gasteiger partial charge in [0.2, 0.25) is 0 Å². The lowest BCUT2D eigenvalue weighted by atomic mass is 9.95. The quantitative estimate of drug-likeness (QED) is 0.272. The number of H-pyrrole nitrogens is 1. The third-order valence-corrected chi connectivity index (χ3v) is 7.25. The molecule has 1 atom stereocenters. The van der Waals surface area contributed by atoms with Crippen LogP contribution in [0.5, 0.6) is 5.75 Å². The summed E-state index contributed by atoms with van der Waals surface area (Å²) < 4.78 is 44.1. The van der Waals surface area contributed by atoms with Crippen LogP contribution in [-0.4, -0.2) is 39.4 Å². The molecule has 1 N–H and O–H groups in total. The lowest BCUT2D eigenvalue weighted by molar-refractivity contribution is -0.146. The van der Waals surface area contributed by atoms with E-state index in [1.807, 2.05) is 19.1 Å². The molecule has 5 rings (SSSR count). The Balaban J connectivity index is 1.40. The topological polar surface area (TPSA) is 90.7 Å². The summed E-state index contributed by atoms with van der Waals surface area (Å²) in [5, 5.41) is 18.7. The first kappa shape index (κ1) is 26.1. The number of hydrogen-bond donors (Lipinski definition) is 1. The van der Waals surface area contributed by atoms with Crippen LogP contribution in [0.25, 0.3) is 22.2 Å². The SMILES string of the molecule is Cc1ncc(Cl)c([C@@H](C)Oc2ccc3[nH]nc(-c4cnc(N5CC(CC(F)(F)F)C5)c(C#N)c4)c3c2)c1Cl. The summed E-state index contributed by atoms with van der Waals surface area (Å²) in [6, 6.07) is 9.18. The van der Waals surface area contributed by atoms with Crippen molar-refractivity contribution in [1.29, 1.82) is 5.26 Å². The fraction of sp³-hybridized carbons (Fsp3) is 0.308. The van der Waals surface area contributed by atoms with Gasteiger partial charge in [-0.3, -0.25) is 10.1 Å². The zero-order valence-corrected chi connectivity index (χ0v) is 21.8. The van der Waals surface area contributed by atoms with Gasteiger partial charge in [0.1, 0.15) is 29.4 Å². The maximum Gasteiger partial charge on any atom is 0.389 e. The summed E-state index contributed by atoms with van der Waals surface area (Å²) in [5.41, 5.74) is 3.44. The molecule has 4 heterocycles. The molecule has 0 amide bonds. The van der Waals surface area contributed by atoms with Crippen LogP contribution in [0.1, 0.15) is 36.3 Å². The first-order valence-electron chi connectivity index (χ1n) is 11.7. The van der Waals surface area contributed by atoms with Gasteiger partial charge >= 0.3 is 6.18 Å². The van der Waals surface area contributed by atoms with E-state index in [0.29, 0.717) is 44.1 Å². The van der Waals surface area contributed by atoms with Gasteiger partial charge in [-0.1, -0.05) is 23.2 Å². The minimum atomic E-state index is -4.21. The van der Waals surface area contributed by atoms with Crippen LogP contribution in [0.15, 0.2) is 36.7 Å². The van der Waals surface area contributed by atoms with E-state index in [9.17, 15) is 18.4 Å². The molecule has 38 heavy (non-hydrogen) atoms. The van der Waals surface area contributed by atoms with Gasteiger partial charge in [-0.25, -0.2) is 4.98 Å². The van der Waals surface area contributed by atoms with E-state index in [-0.39, 0.29) is 18.7 Å². The number of ether oxygens (including phenoxy) is 1. The Hall–Kier alpha value is -3.55. The molecule has 12 heteroatoms. The summed E-state index contributed by atoms with van der Waals surface area (Å²) in [6.07, 6.45) is -2.41. The summed E-state index contributed by atoms with van der Waals surface area (Å²) in [4.78, 5) is 10.2. The number of anilines is 1. The average Bonchev–Trinajstić information content (AvgIpc) is 3.26. The summed E-state index contributed by atoms with van der Waals surface area (Å²) >= 11 is 12.8. The average molecular weight is 561 g/mol. The van der Waals surface area contributed by atoms with Crippen LogP contribution in [0.3, 0.4) is 0 Å². The molecule has 0 bridgehead atoms. The monoisotopic (exact) mass is 560 g/mol. The van der Waals surface area contributed by atoms with Gasteiger partial charge in [0.05, 0.1) is 26.8 Å². The van der Waals surface area contributed by atoms with Gasteiger partial charge in [0.15, 0.2) is 0 Å². The van der Waals surface area contributed by atoms with E-state index in [2.05, 4.69) is 26.2 Å². The fourth-order valence-electron chi connectivity index (χ4n) is 4.62. The molecule has 4 aromatic rings. The molecule has 7 nitrogen and oxygen atoms in total. The van der Waals surface area contributed by atoms with Crippen LogP contribution < -0.4 is 9.64 Å². The van der Waals surface area contributed by atoms with E-state index in [1.54, 1.807) is 30.2 Å². The number of pyridine rings is 2. The molecule has 0 unspecified atom stereocenters. The lowest BCUT2D eigenvalue weighted by Crippen LogP contribution is -2.49. The van der Waals surface area contributed by atoms with Crippen molar-refractivity contribution in [3.8, 4) is 23.1 Å². The maximum absolute atomic E-state index is 12.7. The van der Waals surface area contributed by atoms with Crippen molar-refractivity contribution in [1.82, 2.24) is 20.2 Å². The van der Waals surface area contributed by atoms with Gasteiger partial charge in [-0.05, 0) is 38.1 Å². The number of fused-ring (bicyclic) bond motifs is 1.